The number of hydrogen-bond donors (Lipinski definition) is 3. The van der Waals surface area contributed by atoms with E-state index in [-0.39, 0.29) is 12.3 Å². The molecule has 0 aliphatic rings. The Morgan fingerprint density at radius 1 is 1.16 bits per heavy atom. The van der Waals surface area contributed by atoms with Gasteiger partial charge in [-0.1, -0.05) is 18.2 Å². The molecule has 104 valence electrons. The summed E-state index contributed by atoms with van der Waals surface area (Å²) < 4.78 is 0. The highest BCUT2D eigenvalue weighted by Gasteiger charge is 2.04. The van der Waals surface area contributed by atoms with Gasteiger partial charge in [-0.15, -0.1) is 0 Å². The predicted molar refractivity (Wildman–Crippen MR) is 73.7 cm³/mol. The zero-order valence-corrected chi connectivity index (χ0v) is 10.9. The van der Waals surface area contributed by atoms with Crippen molar-refractivity contribution in [3.63, 3.8) is 0 Å². The Bertz CT molecular complexity index is 432. The number of carboxylic acid groups (broad SMARTS) is 1. The molecule has 1 rings (SSSR count). The molecule has 0 unspecified atom stereocenters. The van der Waals surface area contributed by atoms with Crippen LogP contribution in [-0.4, -0.2) is 23.5 Å². The van der Waals surface area contributed by atoms with Crippen LogP contribution in [0.4, 0.5) is 5.69 Å². The van der Waals surface area contributed by atoms with Crippen LogP contribution in [0, 0.1) is 0 Å². The van der Waals surface area contributed by atoms with Crippen molar-refractivity contribution in [3.8, 4) is 0 Å². The number of hydrogen-bond acceptors (Lipinski definition) is 3. The topological polar surface area (TPSA) is 92.4 Å². The Labute approximate surface area is 112 Å². The van der Waals surface area contributed by atoms with Crippen molar-refractivity contribution in [2.24, 2.45) is 0 Å². The normalized spacial score (nSPS) is 10.1. The summed E-state index contributed by atoms with van der Waals surface area (Å²) >= 11 is 0. The Balaban J connectivity index is 2.15. The molecular formula is C14H20N2O3. The summed E-state index contributed by atoms with van der Waals surface area (Å²) in [7, 11) is 0. The van der Waals surface area contributed by atoms with Crippen molar-refractivity contribution in [1.82, 2.24) is 5.32 Å². The lowest BCUT2D eigenvalue weighted by molar-refractivity contribution is -0.137. The Morgan fingerprint density at radius 2 is 1.89 bits per heavy atom. The van der Waals surface area contributed by atoms with Crippen molar-refractivity contribution in [3.05, 3.63) is 29.8 Å². The fourth-order valence-electron chi connectivity index (χ4n) is 1.73. The van der Waals surface area contributed by atoms with Gasteiger partial charge in [-0.2, -0.15) is 0 Å². The van der Waals surface area contributed by atoms with Gasteiger partial charge < -0.3 is 16.2 Å². The largest absolute Gasteiger partial charge is 0.481 e. The molecule has 1 aromatic rings. The van der Waals surface area contributed by atoms with Crippen LogP contribution >= 0.6 is 0 Å². The number of unbranched alkanes of at least 4 members (excludes halogenated alkanes) is 1. The molecular weight excluding hydrogens is 244 g/mol. The van der Waals surface area contributed by atoms with Crippen molar-refractivity contribution >= 4 is 17.6 Å². The molecule has 0 aliphatic carbocycles. The van der Waals surface area contributed by atoms with Gasteiger partial charge in [0.15, 0.2) is 0 Å². The minimum absolute atomic E-state index is 0.0291. The molecule has 0 spiro atoms. The third kappa shape index (κ3) is 6.45. The fraction of sp³-hybridized carbons (Fsp3) is 0.429. The van der Waals surface area contributed by atoms with Gasteiger partial charge in [0.05, 0.1) is 0 Å². The molecule has 0 heterocycles. The molecule has 0 saturated carbocycles. The van der Waals surface area contributed by atoms with Crippen LogP contribution in [0.25, 0.3) is 0 Å². The first kappa shape index (κ1) is 15.0. The number of carboxylic acids is 1. The average Bonchev–Trinajstić information content (AvgIpc) is 2.37. The molecule has 0 fully saturated rings. The summed E-state index contributed by atoms with van der Waals surface area (Å²) in [5.74, 6) is -0.829. The van der Waals surface area contributed by atoms with E-state index in [4.69, 9.17) is 10.8 Å². The smallest absolute Gasteiger partial charge is 0.303 e. The average molecular weight is 264 g/mol. The molecule has 19 heavy (non-hydrogen) atoms. The van der Waals surface area contributed by atoms with Crippen LogP contribution in [0.5, 0.6) is 0 Å². The van der Waals surface area contributed by atoms with Crippen LogP contribution < -0.4 is 11.1 Å². The quantitative estimate of drug-likeness (QED) is 0.491. The molecule has 1 aromatic carbocycles. The summed E-state index contributed by atoms with van der Waals surface area (Å²) in [5.41, 5.74) is 7.47. The van der Waals surface area contributed by atoms with Gasteiger partial charge in [0.1, 0.15) is 0 Å². The number of anilines is 1. The van der Waals surface area contributed by atoms with E-state index in [9.17, 15) is 9.59 Å². The third-order valence-electron chi connectivity index (χ3n) is 2.82. The maximum atomic E-state index is 11.6. The summed E-state index contributed by atoms with van der Waals surface area (Å²) in [6.45, 7) is 0.524. The molecule has 0 aromatic heterocycles. The van der Waals surface area contributed by atoms with Gasteiger partial charge in [-0.3, -0.25) is 9.59 Å². The summed E-state index contributed by atoms with van der Waals surface area (Å²) in [6.07, 6.45) is 2.43. The summed E-state index contributed by atoms with van der Waals surface area (Å²) in [4.78, 5) is 21.8. The molecule has 0 radical (unpaired) electrons. The maximum Gasteiger partial charge on any atom is 0.303 e. The molecule has 0 saturated heterocycles. The highest BCUT2D eigenvalue weighted by molar-refractivity contribution is 5.76. The molecule has 0 bridgehead atoms. The monoisotopic (exact) mass is 264 g/mol. The van der Waals surface area contributed by atoms with Crippen LogP contribution in [0.3, 0.4) is 0 Å². The van der Waals surface area contributed by atoms with Crippen LogP contribution in [0.15, 0.2) is 24.3 Å². The van der Waals surface area contributed by atoms with E-state index in [0.29, 0.717) is 37.9 Å². The van der Waals surface area contributed by atoms with Crippen LogP contribution in [0.2, 0.25) is 0 Å². The maximum absolute atomic E-state index is 11.6. The summed E-state index contributed by atoms with van der Waals surface area (Å²) in [5, 5.41) is 11.2. The van der Waals surface area contributed by atoms with Gasteiger partial charge in [0, 0.05) is 25.1 Å². The molecule has 1 amide bonds. The lowest BCUT2D eigenvalue weighted by atomic mass is 10.1. The number of rotatable bonds is 8. The number of carbonyl (C=O) groups excluding carboxylic acids is 1. The van der Waals surface area contributed by atoms with Crippen molar-refractivity contribution in [2.75, 3.05) is 12.3 Å². The van der Waals surface area contributed by atoms with Gasteiger partial charge in [-0.05, 0) is 30.9 Å². The van der Waals surface area contributed by atoms with E-state index in [1.165, 1.54) is 0 Å². The second kappa shape index (κ2) is 8.13. The number of aryl methyl sites for hydroxylation is 1. The Kier molecular flexibility index (Phi) is 6.43. The van der Waals surface area contributed by atoms with Crippen molar-refractivity contribution < 1.29 is 14.7 Å². The van der Waals surface area contributed by atoms with E-state index < -0.39 is 5.97 Å². The molecule has 0 atom stereocenters. The van der Waals surface area contributed by atoms with Gasteiger partial charge in [0.25, 0.3) is 0 Å². The predicted octanol–water partition coefficient (Wildman–Crippen LogP) is 1.57. The Hall–Kier alpha value is -2.04. The zero-order valence-electron chi connectivity index (χ0n) is 10.9. The third-order valence-corrected chi connectivity index (χ3v) is 2.82. The number of benzene rings is 1. The fourth-order valence-corrected chi connectivity index (χ4v) is 1.73. The lowest BCUT2D eigenvalue weighted by Gasteiger charge is -2.06. The van der Waals surface area contributed by atoms with E-state index in [1.54, 1.807) is 0 Å². The van der Waals surface area contributed by atoms with E-state index >= 15 is 0 Å². The lowest BCUT2D eigenvalue weighted by Crippen LogP contribution is -2.24. The second-order valence-corrected chi connectivity index (χ2v) is 4.40. The first-order valence-corrected chi connectivity index (χ1v) is 6.41. The minimum atomic E-state index is -0.800. The first-order chi connectivity index (χ1) is 9.09. The van der Waals surface area contributed by atoms with Gasteiger partial charge in [0.2, 0.25) is 5.91 Å². The molecule has 0 aliphatic heterocycles. The van der Waals surface area contributed by atoms with E-state index in [2.05, 4.69) is 5.32 Å². The highest BCUT2D eigenvalue weighted by atomic mass is 16.4. The standard InChI is InChI=1S/C14H20N2O3/c15-12-6-2-1-5-11(12)8-9-13(17)16-10-4-3-7-14(18)19/h1-2,5-6H,3-4,7-10,15H2,(H,16,17)(H,18,19). The number of nitrogen functional groups attached to an aromatic ring is 1. The van der Waals surface area contributed by atoms with Gasteiger partial charge >= 0.3 is 5.97 Å². The SMILES string of the molecule is Nc1ccccc1CCC(=O)NCCCCC(=O)O. The number of amides is 1. The molecule has 4 N–H and O–H groups in total. The number of nitrogens with one attached hydrogen (secondary N) is 1. The number of aliphatic carboxylic acids is 1. The number of nitrogens with two attached hydrogens (primary N) is 1. The second-order valence-electron chi connectivity index (χ2n) is 4.40. The van der Waals surface area contributed by atoms with E-state index in [0.717, 1.165) is 5.56 Å². The molecule has 5 heteroatoms. The zero-order chi connectivity index (χ0) is 14.1. The van der Waals surface area contributed by atoms with Crippen molar-refractivity contribution in [1.29, 1.82) is 0 Å². The van der Waals surface area contributed by atoms with Crippen LogP contribution in [-0.2, 0) is 16.0 Å². The summed E-state index contributed by atoms with van der Waals surface area (Å²) in [6, 6.07) is 7.49. The van der Waals surface area contributed by atoms with Gasteiger partial charge in [-0.25, -0.2) is 0 Å². The number of para-hydroxylation sites is 1. The van der Waals surface area contributed by atoms with Crippen molar-refractivity contribution in [2.45, 2.75) is 32.1 Å². The first-order valence-electron chi connectivity index (χ1n) is 6.41. The number of carbonyl (C=O) groups is 2. The van der Waals surface area contributed by atoms with Crippen LogP contribution in [0.1, 0.15) is 31.2 Å². The Morgan fingerprint density at radius 3 is 2.58 bits per heavy atom. The minimum Gasteiger partial charge on any atom is -0.481 e. The van der Waals surface area contributed by atoms with E-state index in [1.807, 2.05) is 24.3 Å². The molecule has 5 nitrogen and oxygen atoms in total. The highest BCUT2D eigenvalue weighted by Crippen LogP contribution is 2.12.